The van der Waals surface area contributed by atoms with Gasteiger partial charge in [0.2, 0.25) is 5.91 Å². The van der Waals surface area contributed by atoms with E-state index in [9.17, 15) is 9.59 Å². The summed E-state index contributed by atoms with van der Waals surface area (Å²) in [6.45, 7) is 6.07. The summed E-state index contributed by atoms with van der Waals surface area (Å²) >= 11 is 0. The molecule has 0 heterocycles. The number of aryl methyl sites for hydroxylation is 2. The minimum atomic E-state index is -0.572. The Morgan fingerprint density at radius 3 is 2.32 bits per heavy atom. The van der Waals surface area contributed by atoms with Crippen LogP contribution in [-0.4, -0.2) is 35.4 Å². The normalized spacial score (nSPS) is 15.2. The summed E-state index contributed by atoms with van der Waals surface area (Å²) in [4.78, 5) is 27.7. The van der Waals surface area contributed by atoms with E-state index in [1.165, 1.54) is 6.42 Å². The van der Waals surface area contributed by atoms with E-state index < -0.39 is 6.04 Å². The van der Waals surface area contributed by atoms with Crippen LogP contribution in [0.5, 0.6) is 5.75 Å². The number of benzene rings is 2. The molecule has 0 aromatic heterocycles. The molecule has 0 spiro atoms. The van der Waals surface area contributed by atoms with Gasteiger partial charge in [-0.05, 0) is 62.4 Å². The molecule has 1 atom stereocenters. The Labute approximate surface area is 185 Å². The summed E-state index contributed by atoms with van der Waals surface area (Å²) in [5.74, 6) is 0.377. The standard InChI is InChI=1S/C26H34N2O3/c1-19-14-20(2)16-24(15-19)31-18-25(29)28(17-22-10-6-4-7-11-22)21(3)26(30)27-23-12-8-5-9-13-23/h4,6-7,10-11,14-16,21,23H,5,8-9,12-13,17-18H2,1-3H3,(H,27,30)/t21-/m1/s1. The zero-order chi connectivity index (χ0) is 22.2. The second-order valence-electron chi connectivity index (χ2n) is 8.64. The van der Waals surface area contributed by atoms with Crippen molar-refractivity contribution in [2.75, 3.05) is 6.61 Å². The van der Waals surface area contributed by atoms with E-state index in [1.807, 2.05) is 56.3 Å². The number of rotatable bonds is 8. The van der Waals surface area contributed by atoms with Crippen LogP contribution in [0.15, 0.2) is 48.5 Å². The highest BCUT2D eigenvalue weighted by Crippen LogP contribution is 2.19. The van der Waals surface area contributed by atoms with Crippen LogP contribution in [0.25, 0.3) is 0 Å². The molecule has 2 amide bonds. The molecule has 0 radical (unpaired) electrons. The van der Waals surface area contributed by atoms with Gasteiger partial charge in [-0.15, -0.1) is 0 Å². The van der Waals surface area contributed by atoms with Gasteiger partial charge in [-0.3, -0.25) is 9.59 Å². The smallest absolute Gasteiger partial charge is 0.261 e. The van der Waals surface area contributed by atoms with Crippen LogP contribution < -0.4 is 10.1 Å². The zero-order valence-electron chi connectivity index (χ0n) is 18.9. The van der Waals surface area contributed by atoms with Gasteiger partial charge in [0.1, 0.15) is 11.8 Å². The highest BCUT2D eigenvalue weighted by molar-refractivity contribution is 5.88. The molecule has 31 heavy (non-hydrogen) atoms. The number of hydrogen-bond acceptors (Lipinski definition) is 3. The Kier molecular flexibility index (Phi) is 8.10. The molecule has 166 valence electrons. The van der Waals surface area contributed by atoms with Crippen LogP contribution in [-0.2, 0) is 16.1 Å². The van der Waals surface area contributed by atoms with Gasteiger partial charge in [-0.25, -0.2) is 0 Å². The fourth-order valence-electron chi connectivity index (χ4n) is 4.18. The summed E-state index contributed by atoms with van der Waals surface area (Å²) in [6.07, 6.45) is 5.56. The zero-order valence-corrected chi connectivity index (χ0v) is 18.9. The highest BCUT2D eigenvalue weighted by Gasteiger charge is 2.28. The molecule has 0 bridgehead atoms. The maximum atomic E-state index is 13.1. The fraction of sp³-hybridized carbons (Fsp3) is 0.462. The van der Waals surface area contributed by atoms with E-state index in [4.69, 9.17) is 4.74 Å². The lowest BCUT2D eigenvalue weighted by Crippen LogP contribution is -2.51. The van der Waals surface area contributed by atoms with Crippen LogP contribution >= 0.6 is 0 Å². The first-order valence-electron chi connectivity index (χ1n) is 11.3. The van der Waals surface area contributed by atoms with E-state index in [0.29, 0.717) is 12.3 Å². The van der Waals surface area contributed by atoms with Crippen molar-refractivity contribution in [1.82, 2.24) is 10.2 Å². The quantitative estimate of drug-likeness (QED) is 0.679. The molecule has 2 aromatic rings. The molecule has 1 saturated carbocycles. The van der Waals surface area contributed by atoms with Gasteiger partial charge in [0.05, 0.1) is 0 Å². The van der Waals surface area contributed by atoms with Gasteiger partial charge >= 0.3 is 0 Å². The Balaban J connectivity index is 1.69. The van der Waals surface area contributed by atoms with Gasteiger partial charge in [0.25, 0.3) is 5.91 Å². The lowest BCUT2D eigenvalue weighted by Gasteiger charge is -2.31. The Bertz CT molecular complexity index is 855. The number of hydrogen-bond donors (Lipinski definition) is 1. The summed E-state index contributed by atoms with van der Waals surface area (Å²) in [5.41, 5.74) is 3.16. The lowest BCUT2D eigenvalue weighted by atomic mass is 9.95. The van der Waals surface area contributed by atoms with Crippen molar-refractivity contribution < 1.29 is 14.3 Å². The summed E-state index contributed by atoms with van der Waals surface area (Å²) in [7, 11) is 0. The van der Waals surface area contributed by atoms with E-state index in [1.54, 1.807) is 11.8 Å². The first-order valence-corrected chi connectivity index (χ1v) is 11.3. The van der Waals surface area contributed by atoms with Crippen molar-refractivity contribution in [3.05, 3.63) is 65.2 Å². The van der Waals surface area contributed by atoms with E-state index in [0.717, 1.165) is 42.4 Å². The van der Waals surface area contributed by atoms with Gasteiger partial charge in [0.15, 0.2) is 6.61 Å². The van der Waals surface area contributed by atoms with Crippen molar-refractivity contribution in [2.45, 2.75) is 71.5 Å². The minimum absolute atomic E-state index is 0.0948. The molecule has 0 saturated heterocycles. The summed E-state index contributed by atoms with van der Waals surface area (Å²) in [6, 6.07) is 15.3. The third-order valence-corrected chi connectivity index (χ3v) is 5.87. The number of carbonyl (C=O) groups is 2. The van der Waals surface area contributed by atoms with Crippen molar-refractivity contribution >= 4 is 11.8 Å². The van der Waals surface area contributed by atoms with Gasteiger partial charge in [-0.2, -0.15) is 0 Å². The largest absolute Gasteiger partial charge is 0.484 e. The molecule has 2 aromatic carbocycles. The summed E-state index contributed by atoms with van der Waals surface area (Å²) < 4.78 is 5.81. The second kappa shape index (κ2) is 11.0. The predicted octanol–water partition coefficient (Wildman–Crippen LogP) is 4.55. The van der Waals surface area contributed by atoms with Crippen molar-refractivity contribution in [2.24, 2.45) is 0 Å². The van der Waals surface area contributed by atoms with Crippen LogP contribution in [0.3, 0.4) is 0 Å². The van der Waals surface area contributed by atoms with E-state index >= 15 is 0 Å². The SMILES string of the molecule is Cc1cc(C)cc(OCC(=O)N(Cc2ccccc2)[C@H](C)C(=O)NC2CCCCC2)c1. The van der Waals surface area contributed by atoms with Gasteiger partial charge < -0.3 is 15.0 Å². The molecule has 3 rings (SSSR count). The van der Waals surface area contributed by atoms with Crippen molar-refractivity contribution in [3.63, 3.8) is 0 Å². The number of carbonyl (C=O) groups excluding carboxylic acids is 2. The van der Waals surface area contributed by atoms with E-state index in [2.05, 4.69) is 11.4 Å². The molecule has 1 aliphatic carbocycles. The minimum Gasteiger partial charge on any atom is -0.484 e. The molecule has 5 nitrogen and oxygen atoms in total. The van der Waals surface area contributed by atoms with E-state index in [-0.39, 0.29) is 24.5 Å². The monoisotopic (exact) mass is 422 g/mol. The molecule has 5 heteroatoms. The average molecular weight is 423 g/mol. The average Bonchev–Trinajstić information content (AvgIpc) is 2.76. The Hall–Kier alpha value is -2.82. The van der Waals surface area contributed by atoms with Gasteiger partial charge in [0, 0.05) is 12.6 Å². The summed E-state index contributed by atoms with van der Waals surface area (Å²) in [5, 5.41) is 3.15. The van der Waals surface area contributed by atoms with Crippen LogP contribution in [0.1, 0.15) is 55.7 Å². The Morgan fingerprint density at radius 2 is 1.68 bits per heavy atom. The molecule has 1 N–H and O–H groups in total. The van der Waals surface area contributed by atoms with Crippen LogP contribution in [0, 0.1) is 13.8 Å². The third-order valence-electron chi connectivity index (χ3n) is 5.87. The van der Waals surface area contributed by atoms with Crippen LogP contribution in [0.2, 0.25) is 0 Å². The lowest BCUT2D eigenvalue weighted by molar-refractivity contribution is -0.142. The number of nitrogens with zero attached hydrogens (tertiary/aromatic N) is 1. The molecule has 1 fully saturated rings. The first-order chi connectivity index (χ1) is 14.9. The predicted molar refractivity (Wildman–Crippen MR) is 123 cm³/mol. The molecule has 0 aliphatic heterocycles. The number of nitrogens with one attached hydrogen (secondary N) is 1. The Morgan fingerprint density at radius 1 is 1.03 bits per heavy atom. The topological polar surface area (TPSA) is 58.6 Å². The van der Waals surface area contributed by atoms with Crippen molar-refractivity contribution in [3.8, 4) is 5.75 Å². The number of ether oxygens (including phenoxy) is 1. The third kappa shape index (κ3) is 6.84. The maximum Gasteiger partial charge on any atom is 0.261 e. The molecule has 0 unspecified atom stereocenters. The molecule has 1 aliphatic rings. The highest BCUT2D eigenvalue weighted by atomic mass is 16.5. The van der Waals surface area contributed by atoms with Crippen molar-refractivity contribution in [1.29, 1.82) is 0 Å². The molecular weight excluding hydrogens is 388 g/mol. The number of amides is 2. The maximum absolute atomic E-state index is 13.1. The first kappa shape index (κ1) is 22.9. The van der Waals surface area contributed by atoms with Crippen LogP contribution in [0.4, 0.5) is 0 Å². The van der Waals surface area contributed by atoms with Gasteiger partial charge in [-0.1, -0.05) is 55.7 Å². The molecular formula is C26H34N2O3. The second-order valence-corrected chi connectivity index (χ2v) is 8.64. The fourth-order valence-corrected chi connectivity index (χ4v) is 4.18.